The third-order valence-corrected chi connectivity index (χ3v) is 4.94. The summed E-state index contributed by atoms with van der Waals surface area (Å²) in [6, 6.07) is 0. The zero-order valence-corrected chi connectivity index (χ0v) is 14.0. The fourth-order valence-corrected chi connectivity index (χ4v) is 3.27. The summed E-state index contributed by atoms with van der Waals surface area (Å²) < 4.78 is 33.5. The topological polar surface area (TPSA) is 154 Å². The summed E-state index contributed by atoms with van der Waals surface area (Å²) in [7, 11) is -4.11. The Bertz CT molecular complexity index is 466. The minimum absolute atomic E-state index is 0.0253. The van der Waals surface area contributed by atoms with E-state index in [9.17, 15) is 28.5 Å². The number of carbonyl (C=O) groups is 1. The number of aliphatic hydroxyl groups is 4. The van der Waals surface area contributed by atoms with Gasteiger partial charge in [-0.3, -0.25) is 9.08 Å². The predicted molar refractivity (Wildman–Crippen MR) is 81.7 cm³/mol. The summed E-state index contributed by atoms with van der Waals surface area (Å²) in [4.78, 5) is 13.0. The molecule has 1 rings (SSSR count). The lowest BCUT2D eigenvalue weighted by Crippen LogP contribution is -2.48. The number of hydrogen-bond donors (Lipinski definition) is 4. The van der Waals surface area contributed by atoms with Crippen molar-refractivity contribution in [1.29, 1.82) is 0 Å². The van der Waals surface area contributed by atoms with E-state index in [0.29, 0.717) is 32.8 Å². The summed E-state index contributed by atoms with van der Waals surface area (Å²) in [6.07, 6.45) is -7.21. The van der Waals surface area contributed by atoms with Gasteiger partial charge in [-0.25, -0.2) is 0 Å². The average molecular weight is 371 g/mol. The molecule has 0 aromatic rings. The Labute approximate surface area is 140 Å². The maximum atomic E-state index is 11.9. The van der Waals surface area contributed by atoms with Crippen molar-refractivity contribution in [2.45, 2.75) is 30.8 Å². The molecule has 4 N–H and O–H groups in total. The molecule has 10 nitrogen and oxygen atoms in total. The minimum atomic E-state index is -4.11. The van der Waals surface area contributed by atoms with E-state index >= 15 is 0 Å². The lowest BCUT2D eigenvalue weighted by Gasteiger charge is -2.27. The van der Waals surface area contributed by atoms with E-state index in [1.165, 1.54) is 0 Å². The molecule has 11 heteroatoms. The van der Waals surface area contributed by atoms with Gasteiger partial charge in [-0.05, 0) is 13.0 Å². The van der Waals surface area contributed by atoms with Crippen LogP contribution in [-0.2, 0) is 23.8 Å². The van der Waals surface area contributed by atoms with Crippen molar-refractivity contribution < 1.29 is 42.6 Å². The number of rotatable bonds is 11. The molecule has 1 fully saturated rings. The van der Waals surface area contributed by atoms with Crippen LogP contribution < -0.4 is 0 Å². The smallest absolute Gasteiger partial charge is 0.268 e. The Morgan fingerprint density at radius 2 is 1.79 bits per heavy atom. The zero-order chi connectivity index (χ0) is 18.2. The maximum Gasteiger partial charge on any atom is 0.268 e. The van der Waals surface area contributed by atoms with Gasteiger partial charge in [0.2, 0.25) is 0 Å². The van der Waals surface area contributed by atoms with E-state index in [0.717, 1.165) is 0 Å². The van der Waals surface area contributed by atoms with Crippen LogP contribution in [0.4, 0.5) is 0 Å². The quantitative estimate of drug-likeness (QED) is 0.214. The number of carbonyl (C=O) groups excluding carboxylic acids is 1. The number of morpholine rings is 1. The third-order valence-electron chi connectivity index (χ3n) is 3.63. The molecular weight excluding hydrogens is 346 g/mol. The zero-order valence-electron chi connectivity index (χ0n) is 13.2. The lowest BCUT2D eigenvalue weighted by molar-refractivity contribution is -0.132. The molecule has 0 radical (unpaired) electrons. The molecule has 0 bridgehead atoms. The number of aliphatic hydroxyl groups excluding tert-OH is 4. The SMILES string of the molecule is O=C[C@H](OS(=O)(=O)CCCN1CCOCC1)[C@@H](O)[C@H](O)[C@H](O)CO. The van der Waals surface area contributed by atoms with E-state index in [-0.39, 0.29) is 18.5 Å². The average Bonchev–Trinajstić information content (AvgIpc) is 2.58. The van der Waals surface area contributed by atoms with E-state index in [2.05, 4.69) is 4.18 Å². The Hall–Kier alpha value is -0.660. The maximum absolute atomic E-state index is 11.9. The van der Waals surface area contributed by atoms with Crippen molar-refractivity contribution in [3.63, 3.8) is 0 Å². The molecule has 142 valence electrons. The van der Waals surface area contributed by atoms with E-state index in [1.54, 1.807) is 0 Å². The van der Waals surface area contributed by atoms with Gasteiger partial charge in [-0.15, -0.1) is 0 Å². The van der Waals surface area contributed by atoms with Crippen molar-refractivity contribution >= 4 is 16.4 Å². The lowest BCUT2D eigenvalue weighted by atomic mass is 10.0. The summed E-state index contributed by atoms with van der Waals surface area (Å²) in [6.45, 7) is 2.26. The first-order chi connectivity index (χ1) is 11.3. The monoisotopic (exact) mass is 371 g/mol. The second-order valence-corrected chi connectivity index (χ2v) is 7.21. The molecule has 0 aliphatic carbocycles. The Morgan fingerprint density at radius 3 is 2.33 bits per heavy atom. The van der Waals surface area contributed by atoms with Crippen LogP contribution >= 0.6 is 0 Å². The normalized spacial score (nSPS) is 21.8. The Kier molecular flexibility index (Phi) is 9.23. The molecule has 1 saturated heterocycles. The molecule has 1 aliphatic rings. The fourth-order valence-electron chi connectivity index (χ4n) is 2.20. The number of aldehydes is 1. The van der Waals surface area contributed by atoms with Gasteiger partial charge in [0, 0.05) is 13.1 Å². The fraction of sp³-hybridized carbons (Fsp3) is 0.923. The molecule has 0 saturated carbocycles. The minimum Gasteiger partial charge on any atom is -0.394 e. The van der Waals surface area contributed by atoms with Crippen LogP contribution in [0, 0.1) is 0 Å². The van der Waals surface area contributed by atoms with Gasteiger partial charge < -0.3 is 30.0 Å². The standard InChI is InChI=1S/C13H25NO9S/c15-8-10(17)12(18)13(19)11(9-16)23-24(20,21)7-1-2-14-3-5-22-6-4-14/h9-13,15,17-19H,1-8H2/t10-,11+,12-,13-/m1/s1. The molecule has 0 spiro atoms. The second kappa shape index (κ2) is 10.4. The second-order valence-electron chi connectivity index (χ2n) is 5.50. The van der Waals surface area contributed by atoms with Crippen LogP contribution in [-0.4, -0.2) is 110 Å². The molecular formula is C13H25NO9S. The van der Waals surface area contributed by atoms with Gasteiger partial charge in [0.05, 0.1) is 25.6 Å². The van der Waals surface area contributed by atoms with Crippen molar-refractivity contribution in [2.75, 3.05) is 45.2 Å². The van der Waals surface area contributed by atoms with E-state index < -0.39 is 41.1 Å². The van der Waals surface area contributed by atoms with Crippen LogP contribution in [0.5, 0.6) is 0 Å². The van der Waals surface area contributed by atoms with Gasteiger partial charge in [-0.1, -0.05) is 0 Å². The highest BCUT2D eigenvalue weighted by atomic mass is 32.2. The van der Waals surface area contributed by atoms with Gasteiger partial charge in [0.15, 0.2) is 12.4 Å². The third kappa shape index (κ3) is 7.07. The van der Waals surface area contributed by atoms with Crippen molar-refractivity contribution in [2.24, 2.45) is 0 Å². The van der Waals surface area contributed by atoms with Crippen LogP contribution in [0.1, 0.15) is 6.42 Å². The highest BCUT2D eigenvalue weighted by Gasteiger charge is 2.34. The number of hydrogen-bond acceptors (Lipinski definition) is 10. The largest absolute Gasteiger partial charge is 0.394 e. The van der Waals surface area contributed by atoms with Crippen molar-refractivity contribution in [3.8, 4) is 0 Å². The first-order valence-electron chi connectivity index (χ1n) is 7.62. The molecule has 1 aliphatic heterocycles. The van der Waals surface area contributed by atoms with Crippen LogP contribution in [0.15, 0.2) is 0 Å². The Morgan fingerprint density at radius 1 is 1.17 bits per heavy atom. The van der Waals surface area contributed by atoms with Crippen molar-refractivity contribution in [3.05, 3.63) is 0 Å². The molecule has 0 aromatic heterocycles. The molecule has 0 unspecified atom stereocenters. The number of nitrogens with zero attached hydrogens (tertiary/aromatic N) is 1. The molecule has 0 amide bonds. The van der Waals surface area contributed by atoms with Gasteiger partial charge in [0.25, 0.3) is 10.1 Å². The predicted octanol–water partition coefficient (Wildman–Crippen LogP) is -3.30. The first-order valence-corrected chi connectivity index (χ1v) is 9.20. The summed E-state index contributed by atoms with van der Waals surface area (Å²) in [5.74, 6) is -0.361. The molecule has 24 heavy (non-hydrogen) atoms. The molecule has 0 aromatic carbocycles. The highest BCUT2D eigenvalue weighted by molar-refractivity contribution is 7.86. The first kappa shape index (κ1) is 21.4. The summed E-state index contributed by atoms with van der Waals surface area (Å²) >= 11 is 0. The molecule has 1 heterocycles. The van der Waals surface area contributed by atoms with Crippen molar-refractivity contribution in [1.82, 2.24) is 4.90 Å². The number of ether oxygens (including phenoxy) is 1. The summed E-state index contributed by atoms with van der Waals surface area (Å²) in [5.41, 5.74) is 0. The van der Waals surface area contributed by atoms with Gasteiger partial charge in [0.1, 0.15) is 18.3 Å². The van der Waals surface area contributed by atoms with E-state index in [4.69, 9.17) is 9.84 Å². The highest BCUT2D eigenvalue weighted by Crippen LogP contribution is 2.11. The van der Waals surface area contributed by atoms with Gasteiger partial charge >= 0.3 is 0 Å². The van der Waals surface area contributed by atoms with Gasteiger partial charge in [-0.2, -0.15) is 8.42 Å². The van der Waals surface area contributed by atoms with E-state index in [1.807, 2.05) is 4.90 Å². The van der Waals surface area contributed by atoms with Crippen LogP contribution in [0.2, 0.25) is 0 Å². The Balaban J connectivity index is 2.48. The van der Waals surface area contributed by atoms with Crippen LogP contribution in [0.25, 0.3) is 0 Å². The summed E-state index contributed by atoms with van der Waals surface area (Å²) in [5, 5.41) is 37.2. The van der Waals surface area contributed by atoms with Crippen LogP contribution in [0.3, 0.4) is 0 Å². The molecule has 4 atom stereocenters.